The van der Waals surface area contributed by atoms with Crippen molar-refractivity contribution in [3.8, 4) is 5.88 Å². The Hall–Kier alpha value is -0.910. The first-order valence-corrected chi connectivity index (χ1v) is 9.18. The maximum atomic E-state index is 12.2. The van der Waals surface area contributed by atoms with Crippen LogP contribution in [0, 0.1) is 0 Å². The maximum Gasteiger partial charge on any atom is 0.422 e. The van der Waals surface area contributed by atoms with Gasteiger partial charge in [-0.05, 0) is 18.1 Å². The second kappa shape index (κ2) is 11.1. The molecule has 1 N–H and O–H groups in total. The molecule has 2 heterocycles. The number of ether oxygens (including phenoxy) is 1. The topological polar surface area (TPSA) is 49.8 Å². The number of nitrogens with one attached hydrogen (secondary N) is 1. The number of aromatic nitrogens is 1. The van der Waals surface area contributed by atoms with E-state index in [1.165, 1.54) is 12.3 Å². The van der Waals surface area contributed by atoms with Gasteiger partial charge in [0.15, 0.2) is 12.6 Å². The third kappa shape index (κ3) is 7.77. The van der Waals surface area contributed by atoms with Crippen molar-refractivity contribution in [3.05, 3.63) is 23.9 Å². The number of nitrogens with zero attached hydrogens (tertiary/aromatic N) is 3. The summed E-state index contributed by atoms with van der Waals surface area (Å²) in [4.78, 5) is 10.3. The normalized spacial score (nSPS) is 18.3. The molecule has 5 nitrogen and oxygen atoms in total. The van der Waals surface area contributed by atoms with Crippen LogP contribution in [0.5, 0.6) is 5.88 Å². The van der Waals surface area contributed by atoms with E-state index < -0.39 is 12.8 Å². The largest absolute Gasteiger partial charge is 0.468 e. The predicted octanol–water partition coefficient (Wildman–Crippen LogP) is 3.54. The van der Waals surface area contributed by atoms with Crippen LogP contribution in [0.2, 0.25) is 0 Å². The standard InChI is InChI=1S/C16H23F3N4OS.HI/c1-3-13-10-23(6-7-25-13)15(20-2)22-9-12-4-5-21-14(8-12)24-11-16(17,18)19;/h4-5,8,13H,3,6-7,9-11H2,1-2H3,(H,20,22);1H. The molecule has 0 bridgehead atoms. The van der Waals surface area contributed by atoms with Gasteiger partial charge in [0.2, 0.25) is 5.88 Å². The number of thioether (sulfide) groups is 1. The first-order chi connectivity index (χ1) is 11.9. The molecule has 1 aliphatic rings. The summed E-state index contributed by atoms with van der Waals surface area (Å²) in [6, 6.07) is 3.24. The molecule has 1 saturated heterocycles. The average molecular weight is 504 g/mol. The minimum absolute atomic E-state index is 0. The smallest absolute Gasteiger partial charge is 0.422 e. The lowest BCUT2D eigenvalue weighted by Gasteiger charge is -2.34. The summed E-state index contributed by atoms with van der Waals surface area (Å²) in [6.45, 7) is 3.14. The average Bonchev–Trinajstić information content (AvgIpc) is 2.60. The molecule has 0 amide bonds. The van der Waals surface area contributed by atoms with Crippen molar-refractivity contribution in [2.75, 3.05) is 32.5 Å². The van der Waals surface area contributed by atoms with Gasteiger partial charge in [-0.25, -0.2) is 4.98 Å². The summed E-state index contributed by atoms with van der Waals surface area (Å²) >= 11 is 1.98. The first-order valence-electron chi connectivity index (χ1n) is 8.13. The van der Waals surface area contributed by atoms with Gasteiger partial charge < -0.3 is 15.0 Å². The van der Waals surface area contributed by atoms with Gasteiger partial charge in [-0.3, -0.25) is 4.99 Å². The molecule has 1 aromatic rings. The van der Waals surface area contributed by atoms with Crippen LogP contribution in [-0.4, -0.2) is 59.8 Å². The van der Waals surface area contributed by atoms with Crippen molar-refractivity contribution in [1.82, 2.24) is 15.2 Å². The predicted molar refractivity (Wildman–Crippen MR) is 110 cm³/mol. The van der Waals surface area contributed by atoms with E-state index in [1.807, 2.05) is 11.8 Å². The second-order valence-corrected chi connectivity index (χ2v) is 7.06. The zero-order valence-electron chi connectivity index (χ0n) is 14.8. The molecule has 1 fully saturated rings. The summed E-state index contributed by atoms with van der Waals surface area (Å²) in [5.41, 5.74) is 0.784. The molecule has 0 aliphatic carbocycles. The third-order valence-electron chi connectivity index (χ3n) is 3.74. The molecular weight excluding hydrogens is 480 g/mol. The van der Waals surface area contributed by atoms with Gasteiger partial charge >= 0.3 is 6.18 Å². The number of aliphatic imine (C=N–C) groups is 1. The SMILES string of the molecule is CCC1CN(C(=NC)NCc2ccnc(OCC(F)(F)F)c2)CCS1.I. The Bertz CT molecular complexity index is 589. The highest BCUT2D eigenvalue weighted by Gasteiger charge is 2.28. The third-order valence-corrected chi connectivity index (χ3v) is 5.11. The Morgan fingerprint density at radius 2 is 2.27 bits per heavy atom. The fourth-order valence-corrected chi connectivity index (χ4v) is 3.65. The monoisotopic (exact) mass is 504 g/mol. The number of rotatable bonds is 5. The zero-order valence-corrected chi connectivity index (χ0v) is 17.9. The van der Waals surface area contributed by atoms with Crippen LogP contribution < -0.4 is 10.1 Å². The summed E-state index contributed by atoms with van der Waals surface area (Å²) < 4.78 is 41.3. The number of alkyl halides is 3. The number of pyridine rings is 1. The van der Waals surface area contributed by atoms with E-state index in [-0.39, 0.29) is 29.9 Å². The summed E-state index contributed by atoms with van der Waals surface area (Å²) in [7, 11) is 1.73. The summed E-state index contributed by atoms with van der Waals surface area (Å²) in [5, 5.41) is 3.85. The minimum Gasteiger partial charge on any atom is -0.468 e. The Morgan fingerprint density at radius 3 is 2.92 bits per heavy atom. The minimum atomic E-state index is -4.37. The molecule has 1 aromatic heterocycles. The molecule has 1 aliphatic heterocycles. The van der Waals surface area contributed by atoms with E-state index in [0.29, 0.717) is 11.8 Å². The molecule has 2 rings (SSSR count). The van der Waals surface area contributed by atoms with Crippen LogP contribution in [0.4, 0.5) is 13.2 Å². The fraction of sp³-hybridized carbons (Fsp3) is 0.625. The number of hydrogen-bond donors (Lipinski definition) is 1. The van der Waals surface area contributed by atoms with E-state index >= 15 is 0 Å². The molecule has 26 heavy (non-hydrogen) atoms. The molecule has 148 valence electrons. The van der Waals surface area contributed by atoms with Crippen LogP contribution in [0.1, 0.15) is 18.9 Å². The van der Waals surface area contributed by atoms with Gasteiger partial charge in [0.25, 0.3) is 0 Å². The van der Waals surface area contributed by atoms with Crippen molar-refractivity contribution in [2.24, 2.45) is 4.99 Å². The quantitative estimate of drug-likeness (QED) is 0.378. The lowest BCUT2D eigenvalue weighted by Crippen LogP contribution is -2.47. The number of hydrogen-bond acceptors (Lipinski definition) is 4. The van der Waals surface area contributed by atoms with Gasteiger partial charge in [0, 0.05) is 49.9 Å². The summed E-state index contributed by atoms with van der Waals surface area (Å²) in [5.74, 6) is 1.82. The van der Waals surface area contributed by atoms with Gasteiger partial charge in [0.1, 0.15) is 0 Å². The Morgan fingerprint density at radius 1 is 1.50 bits per heavy atom. The molecular formula is C16H24F3IN4OS. The van der Waals surface area contributed by atoms with Crippen LogP contribution in [0.15, 0.2) is 23.3 Å². The van der Waals surface area contributed by atoms with Crippen molar-refractivity contribution in [3.63, 3.8) is 0 Å². The highest BCUT2D eigenvalue weighted by atomic mass is 127. The molecule has 0 saturated carbocycles. The van der Waals surface area contributed by atoms with Crippen LogP contribution in [-0.2, 0) is 6.54 Å². The van der Waals surface area contributed by atoms with Gasteiger partial charge in [0.05, 0.1) is 0 Å². The molecule has 1 atom stereocenters. The van der Waals surface area contributed by atoms with Crippen molar-refractivity contribution >= 4 is 41.7 Å². The van der Waals surface area contributed by atoms with E-state index in [9.17, 15) is 13.2 Å². The van der Waals surface area contributed by atoms with Gasteiger partial charge in [-0.15, -0.1) is 24.0 Å². The fourth-order valence-electron chi connectivity index (χ4n) is 2.47. The Labute approximate surface area is 173 Å². The van der Waals surface area contributed by atoms with Gasteiger partial charge in [-0.1, -0.05) is 6.92 Å². The Balaban J connectivity index is 0.00000338. The van der Waals surface area contributed by atoms with Crippen molar-refractivity contribution < 1.29 is 17.9 Å². The molecule has 0 aromatic carbocycles. The highest BCUT2D eigenvalue weighted by Crippen LogP contribution is 2.21. The van der Waals surface area contributed by atoms with Crippen molar-refractivity contribution in [2.45, 2.75) is 31.3 Å². The van der Waals surface area contributed by atoms with E-state index in [2.05, 4.69) is 31.9 Å². The van der Waals surface area contributed by atoms with E-state index in [1.54, 1.807) is 13.1 Å². The van der Waals surface area contributed by atoms with E-state index in [0.717, 1.165) is 36.8 Å². The van der Waals surface area contributed by atoms with Crippen LogP contribution in [0.3, 0.4) is 0 Å². The maximum absolute atomic E-state index is 12.2. The second-order valence-electron chi connectivity index (χ2n) is 5.65. The van der Waals surface area contributed by atoms with Gasteiger partial charge in [-0.2, -0.15) is 24.9 Å². The van der Waals surface area contributed by atoms with Crippen molar-refractivity contribution in [1.29, 1.82) is 0 Å². The Kier molecular flexibility index (Phi) is 9.83. The molecule has 10 heteroatoms. The highest BCUT2D eigenvalue weighted by molar-refractivity contribution is 14.0. The lowest BCUT2D eigenvalue weighted by molar-refractivity contribution is -0.154. The van der Waals surface area contributed by atoms with Crippen LogP contribution >= 0.6 is 35.7 Å². The van der Waals surface area contributed by atoms with Crippen LogP contribution in [0.25, 0.3) is 0 Å². The zero-order chi connectivity index (χ0) is 18.3. The van der Waals surface area contributed by atoms with E-state index in [4.69, 9.17) is 0 Å². The molecule has 1 unspecified atom stereocenters. The number of halogens is 4. The molecule has 0 radical (unpaired) electrons. The first kappa shape index (κ1) is 23.1. The lowest BCUT2D eigenvalue weighted by atomic mass is 10.2. The number of guanidine groups is 1. The summed E-state index contributed by atoms with van der Waals surface area (Å²) in [6.07, 6.45) is -1.82. The molecule has 0 spiro atoms.